The Bertz CT molecular complexity index is 2330. The number of ketones is 2. The van der Waals surface area contributed by atoms with E-state index in [0.29, 0.717) is 20.5 Å². The Labute approximate surface area is 331 Å². The van der Waals surface area contributed by atoms with Crippen molar-refractivity contribution in [2.45, 2.75) is 73.1 Å². The van der Waals surface area contributed by atoms with Crippen molar-refractivity contribution < 1.29 is 43.0 Å². The van der Waals surface area contributed by atoms with E-state index in [9.17, 15) is 28.8 Å². The summed E-state index contributed by atoms with van der Waals surface area (Å²) in [6, 6.07) is 18.5. The maximum atomic E-state index is 13.9. The van der Waals surface area contributed by atoms with Crippen LogP contribution in [0.5, 0.6) is 5.75 Å². The number of carbonyl (C=O) groups excluding carboxylic acids is 6. The molecule has 292 valence electrons. The molecule has 0 fully saturated rings. The largest absolute Gasteiger partial charge is 0.444 e. The lowest BCUT2D eigenvalue weighted by Crippen LogP contribution is -2.47. The average Bonchev–Trinajstić information content (AvgIpc) is 3.70. The van der Waals surface area contributed by atoms with Crippen LogP contribution in [0, 0.1) is 0 Å². The summed E-state index contributed by atoms with van der Waals surface area (Å²) in [5, 5.41) is 8.07. The van der Waals surface area contributed by atoms with Gasteiger partial charge in [0.15, 0.2) is 5.78 Å². The van der Waals surface area contributed by atoms with E-state index in [2.05, 4.69) is 15.6 Å². The first-order chi connectivity index (χ1) is 26.2. The van der Waals surface area contributed by atoms with E-state index in [1.807, 2.05) is 24.3 Å². The minimum Gasteiger partial charge on any atom is -0.444 e. The number of guanidine groups is 1. The molecular formula is C41H42N4O9S2. The fourth-order valence-corrected chi connectivity index (χ4v) is 7.22. The molecule has 0 atom stereocenters. The highest BCUT2D eigenvalue weighted by molar-refractivity contribution is 7.20. The summed E-state index contributed by atoms with van der Waals surface area (Å²) in [4.78, 5) is 82.4. The molecular weight excluding hydrogens is 757 g/mol. The molecule has 0 saturated carbocycles. The van der Waals surface area contributed by atoms with Gasteiger partial charge in [0.25, 0.3) is 5.91 Å². The number of ether oxygens (including phenoxy) is 3. The third-order valence-electron chi connectivity index (χ3n) is 7.57. The predicted molar refractivity (Wildman–Crippen MR) is 216 cm³/mol. The number of hydrogen-bond donors (Lipinski definition) is 2. The third kappa shape index (κ3) is 11.3. The maximum absolute atomic E-state index is 13.9. The fourth-order valence-electron chi connectivity index (χ4n) is 5.32. The predicted octanol–water partition coefficient (Wildman–Crippen LogP) is 8.81. The zero-order chi connectivity index (χ0) is 40.9. The van der Waals surface area contributed by atoms with Gasteiger partial charge in [-0.2, -0.15) is 0 Å². The molecule has 0 unspecified atom stereocenters. The Morgan fingerprint density at radius 2 is 1.41 bits per heavy atom. The van der Waals surface area contributed by atoms with Crippen LogP contribution in [-0.2, 0) is 20.8 Å². The van der Waals surface area contributed by atoms with Crippen LogP contribution in [0.25, 0.3) is 20.2 Å². The van der Waals surface area contributed by atoms with Gasteiger partial charge in [-0.05, 0) is 127 Å². The van der Waals surface area contributed by atoms with E-state index >= 15 is 0 Å². The van der Waals surface area contributed by atoms with E-state index in [0.717, 1.165) is 15.6 Å². The van der Waals surface area contributed by atoms with Crippen LogP contribution in [0.1, 0.15) is 91.3 Å². The highest BCUT2D eigenvalue weighted by Crippen LogP contribution is 2.32. The lowest BCUT2D eigenvalue weighted by atomic mass is 10.1. The zero-order valence-corrected chi connectivity index (χ0v) is 33.9. The number of esters is 1. The van der Waals surface area contributed by atoms with E-state index < -0.39 is 29.4 Å². The van der Waals surface area contributed by atoms with Crippen LogP contribution in [0.3, 0.4) is 0 Å². The normalized spacial score (nSPS) is 11.4. The number of alkyl carbamates (subject to hydrolysis) is 2. The SMILES string of the molecule is CC(=O)CN(Cc1ccc2sc(C(C)=O)cc2c1)C(=O)c1csc2cc(OC(=O)c3ccc(N=C(NC(=O)OC(C)(C)C)NC(=O)OC(C)(C)C)cc3)ccc12. The lowest BCUT2D eigenvalue weighted by molar-refractivity contribution is -0.117. The van der Waals surface area contributed by atoms with E-state index in [4.69, 9.17) is 14.2 Å². The van der Waals surface area contributed by atoms with Gasteiger partial charge in [-0.1, -0.05) is 6.07 Å². The van der Waals surface area contributed by atoms with Crippen LogP contribution in [0.2, 0.25) is 0 Å². The number of benzene rings is 3. The second kappa shape index (κ2) is 16.8. The van der Waals surface area contributed by atoms with Crippen molar-refractivity contribution in [1.82, 2.24) is 15.5 Å². The standard InChI is InChI=1S/C41H42N4O9S2/c1-23(46)20-45(21-25-9-16-32-27(17-25)18-33(56-32)24(2)47)35(48)31-22-55-34-19-29(14-15-30(31)34)52-36(49)26-10-12-28(13-11-26)42-37(43-38(50)53-40(3,4)5)44-39(51)54-41(6,7)8/h9-19,22H,20-21H2,1-8H3,(H2,42,43,44,50,51). The lowest BCUT2D eigenvalue weighted by Gasteiger charge is -2.22. The van der Waals surface area contributed by atoms with Crippen molar-refractivity contribution in [3.8, 4) is 5.75 Å². The van der Waals surface area contributed by atoms with Crippen LogP contribution in [-0.4, -0.2) is 64.2 Å². The number of carbonyl (C=O) groups is 6. The highest BCUT2D eigenvalue weighted by atomic mass is 32.1. The topological polar surface area (TPSA) is 170 Å². The van der Waals surface area contributed by atoms with Crippen molar-refractivity contribution in [2.24, 2.45) is 4.99 Å². The van der Waals surface area contributed by atoms with Crippen molar-refractivity contribution >= 4 is 90.1 Å². The minimum atomic E-state index is -0.849. The number of fused-ring (bicyclic) bond motifs is 2. The van der Waals surface area contributed by atoms with Crippen molar-refractivity contribution in [3.63, 3.8) is 0 Å². The molecule has 0 aliphatic heterocycles. The van der Waals surface area contributed by atoms with Crippen LogP contribution < -0.4 is 15.4 Å². The van der Waals surface area contributed by atoms with Crippen LogP contribution >= 0.6 is 22.7 Å². The number of nitrogens with one attached hydrogen (secondary N) is 2. The quantitative estimate of drug-likeness (QED) is 0.0486. The molecule has 2 N–H and O–H groups in total. The molecule has 0 aliphatic rings. The van der Waals surface area contributed by atoms with Gasteiger partial charge < -0.3 is 19.1 Å². The third-order valence-corrected chi connectivity index (χ3v) is 9.73. The number of amides is 3. The molecule has 0 bridgehead atoms. The summed E-state index contributed by atoms with van der Waals surface area (Å²) in [6.45, 7) is 13.2. The first kappa shape index (κ1) is 41.2. The minimum absolute atomic E-state index is 0.0127. The second-order valence-corrected chi connectivity index (χ2v) is 16.9. The molecule has 15 heteroatoms. The number of aliphatic imine (C=N–C) groups is 1. The van der Waals surface area contributed by atoms with Gasteiger partial charge in [-0.15, -0.1) is 22.7 Å². The summed E-state index contributed by atoms with van der Waals surface area (Å²) >= 11 is 2.72. The Morgan fingerprint density at radius 1 is 0.768 bits per heavy atom. The molecule has 2 heterocycles. The molecule has 13 nitrogen and oxygen atoms in total. The maximum Gasteiger partial charge on any atom is 0.414 e. The Hall–Kier alpha value is -5.93. The molecule has 3 aromatic carbocycles. The van der Waals surface area contributed by atoms with Crippen LogP contribution in [0.15, 0.2) is 77.1 Å². The summed E-state index contributed by atoms with van der Waals surface area (Å²) in [7, 11) is 0. The summed E-state index contributed by atoms with van der Waals surface area (Å²) in [6.07, 6.45) is -1.70. The Kier molecular flexibility index (Phi) is 12.4. The van der Waals surface area contributed by atoms with Crippen molar-refractivity contribution in [1.29, 1.82) is 0 Å². The second-order valence-electron chi connectivity index (χ2n) is 14.9. The summed E-state index contributed by atoms with van der Waals surface area (Å²) in [5.74, 6) is -1.15. The van der Waals surface area contributed by atoms with E-state index in [1.54, 1.807) is 65.1 Å². The Balaban J connectivity index is 1.29. The molecule has 0 spiro atoms. The first-order valence-electron chi connectivity index (χ1n) is 17.5. The van der Waals surface area contributed by atoms with Gasteiger partial charge in [-0.25, -0.2) is 19.4 Å². The van der Waals surface area contributed by atoms with Gasteiger partial charge >= 0.3 is 18.2 Å². The monoisotopic (exact) mass is 798 g/mol. The molecule has 56 heavy (non-hydrogen) atoms. The Morgan fingerprint density at radius 3 is 2.00 bits per heavy atom. The van der Waals surface area contributed by atoms with Crippen molar-refractivity contribution in [3.05, 3.63) is 93.7 Å². The van der Waals surface area contributed by atoms with Gasteiger partial charge in [0.1, 0.15) is 22.7 Å². The highest BCUT2D eigenvalue weighted by Gasteiger charge is 2.24. The number of nitrogens with zero attached hydrogens (tertiary/aromatic N) is 2. The van der Waals surface area contributed by atoms with E-state index in [-0.39, 0.29) is 53.5 Å². The molecule has 3 amide bonds. The summed E-state index contributed by atoms with van der Waals surface area (Å²) < 4.78 is 17.9. The van der Waals surface area contributed by atoms with Gasteiger partial charge in [-0.3, -0.25) is 25.0 Å². The number of Topliss-reactive ketones (excluding diaryl/α,β-unsaturated/α-hetero) is 2. The first-order valence-corrected chi connectivity index (χ1v) is 19.2. The van der Waals surface area contributed by atoms with Gasteiger partial charge in [0.05, 0.1) is 28.2 Å². The van der Waals surface area contributed by atoms with E-state index in [1.165, 1.54) is 65.7 Å². The molecule has 0 aliphatic carbocycles. The smallest absolute Gasteiger partial charge is 0.414 e. The number of rotatable bonds is 9. The average molecular weight is 799 g/mol. The summed E-state index contributed by atoms with van der Waals surface area (Å²) in [5.41, 5.74) is 0.111. The number of hydrogen-bond acceptors (Lipinski definition) is 12. The fraction of sp³-hybridized carbons (Fsp3) is 0.293. The van der Waals surface area contributed by atoms with Gasteiger partial charge in [0, 0.05) is 26.7 Å². The molecule has 5 rings (SSSR count). The number of thiophene rings is 2. The molecule has 2 aromatic heterocycles. The molecule has 5 aromatic rings. The molecule has 0 saturated heterocycles. The van der Waals surface area contributed by atoms with Crippen molar-refractivity contribution in [2.75, 3.05) is 6.54 Å². The molecule has 0 radical (unpaired) electrons. The zero-order valence-electron chi connectivity index (χ0n) is 32.2. The van der Waals surface area contributed by atoms with Gasteiger partial charge in [0.2, 0.25) is 5.96 Å². The van der Waals surface area contributed by atoms with Crippen LogP contribution in [0.4, 0.5) is 15.3 Å².